The second kappa shape index (κ2) is 12.2. The van der Waals surface area contributed by atoms with E-state index in [9.17, 15) is 5.48 Å². The molecule has 252 valence electrons. The fraction of sp³-hybridized carbons (Fsp3) is 0. The van der Waals surface area contributed by atoms with Gasteiger partial charge in [-0.2, -0.15) is 0 Å². The Labute approximate surface area is 318 Å². The Hall–Kier alpha value is -7.16. The van der Waals surface area contributed by atoms with Crippen LogP contribution in [0.2, 0.25) is 0 Å². The summed E-state index contributed by atoms with van der Waals surface area (Å²) < 4.78 is 44.9. The number of nitrogens with zero attached hydrogens (tertiary/aromatic N) is 1. The molecule has 0 amide bonds. The summed E-state index contributed by atoms with van der Waals surface area (Å²) in [6.45, 7) is 0. The molecule has 0 saturated carbocycles. The molecule has 0 aliphatic carbocycles. The van der Waals surface area contributed by atoms with Gasteiger partial charge in [0.05, 0.1) is 11.2 Å². The first-order valence-corrected chi connectivity index (χ1v) is 18.2. The molecule has 1 heterocycles. The second-order valence-electron chi connectivity index (χ2n) is 13.7. The molecule has 0 aliphatic heterocycles. The Bertz CT molecular complexity index is 3430. The highest BCUT2D eigenvalue weighted by atomic mass is 16.3. The lowest BCUT2D eigenvalue weighted by Crippen LogP contribution is -2.10. The standard InChI is InChI=1S/C52H33NO/c1-3-14-40-36(12-1)32-49(45-18-6-5-16-43(40)45)35-26-30-39(31-27-35)53(50-33-37-13-2-4-15-41(37)44-17-7-8-19-46(44)50)38-28-24-34(25-29-38)42-21-11-22-48-47-20-9-10-23-51(47)54-52(42)48/h1-33H/i24D,25D,28D,29D. The lowest BCUT2D eigenvalue weighted by Gasteiger charge is -2.28. The molecule has 1 aromatic heterocycles. The van der Waals surface area contributed by atoms with Crippen LogP contribution in [-0.2, 0) is 0 Å². The summed E-state index contributed by atoms with van der Waals surface area (Å²) in [5.41, 5.74) is 5.72. The van der Waals surface area contributed by atoms with Gasteiger partial charge in [-0.1, -0.05) is 158 Å². The van der Waals surface area contributed by atoms with Gasteiger partial charge in [0, 0.05) is 33.1 Å². The third kappa shape index (κ3) is 4.81. The molecule has 0 spiro atoms. The van der Waals surface area contributed by atoms with E-state index >= 15 is 0 Å². The maximum atomic E-state index is 9.72. The summed E-state index contributed by atoms with van der Waals surface area (Å²) in [6.07, 6.45) is 0. The molecule has 0 atom stereocenters. The fourth-order valence-electron chi connectivity index (χ4n) is 8.19. The molecule has 2 nitrogen and oxygen atoms in total. The van der Waals surface area contributed by atoms with Gasteiger partial charge >= 0.3 is 0 Å². The van der Waals surface area contributed by atoms with E-state index in [0.717, 1.165) is 59.9 Å². The maximum Gasteiger partial charge on any atom is 0.143 e. The van der Waals surface area contributed by atoms with Crippen molar-refractivity contribution >= 4 is 82.1 Å². The molecular formula is C52H33NO. The van der Waals surface area contributed by atoms with Gasteiger partial charge in [0.1, 0.15) is 11.2 Å². The van der Waals surface area contributed by atoms with Crippen LogP contribution in [0.15, 0.2) is 205 Å². The first-order chi connectivity index (χ1) is 28.5. The van der Waals surface area contributed by atoms with Crippen molar-refractivity contribution in [2.75, 3.05) is 4.90 Å². The van der Waals surface area contributed by atoms with Crippen LogP contribution in [0.1, 0.15) is 5.48 Å². The molecule has 2 heteroatoms. The molecule has 0 bridgehead atoms. The quantitative estimate of drug-likeness (QED) is 0.167. The second-order valence-corrected chi connectivity index (χ2v) is 13.7. The Morgan fingerprint density at radius 3 is 1.65 bits per heavy atom. The predicted octanol–water partition coefficient (Wildman–Crippen LogP) is 15.0. The van der Waals surface area contributed by atoms with Crippen molar-refractivity contribution < 1.29 is 9.90 Å². The van der Waals surface area contributed by atoms with Gasteiger partial charge < -0.3 is 9.32 Å². The van der Waals surface area contributed by atoms with Gasteiger partial charge in [-0.05, 0) is 96.8 Å². The SMILES string of the molecule is [2H]c1c([2H])c(N(c2ccc(-c3cc4ccccc4c4ccccc34)cc2)c2cc3ccccc3c3ccccc23)c([2H])c([2H])c1-c1cccc2c1oc1ccccc12. The van der Waals surface area contributed by atoms with Crippen molar-refractivity contribution in [2.24, 2.45) is 0 Å². The largest absolute Gasteiger partial charge is 0.455 e. The first-order valence-electron chi connectivity index (χ1n) is 20.2. The van der Waals surface area contributed by atoms with Crippen LogP contribution < -0.4 is 4.90 Å². The highest BCUT2D eigenvalue weighted by Crippen LogP contribution is 2.44. The number of hydrogen-bond acceptors (Lipinski definition) is 2. The van der Waals surface area contributed by atoms with E-state index < -0.39 is 0 Å². The summed E-state index contributed by atoms with van der Waals surface area (Å²) >= 11 is 0. The van der Waals surface area contributed by atoms with Crippen LogP contribution in [0, 0.1) is 0 Å². The van der Waals surface area contributed by atoms with Crippen molar-refractivity contribution in [3.63, 3.8) is 0 Å². The van der Waals surface area contributed by atoms with Crippen LogP contribution in [0.5, 0.6) is 0 Å². The molecule has 11 aromatic rings. The van der Waals surface area contributed by atoms with E-state index in [1.54, 1.807) is 0 Å². The van der Waals surface area contributed by atoms with E-state index in [0.29, 0.717) is 22.4 Å². The fourth-order valence-corrected chi connectivity index (χ4v) is 8.19. The minimum Gasteiger partial charge on any atom is -0.455 e. The number of benzene rings is 10. The normalized spacial score (nSPS) is 12.7. The van der Waals surface area contributed by atoms with Gasteiger partial charge in [0.2, 0.25) is 0 Å². The molecule has 0 fully saturated rings. The van der Waals surface area contributed by atoms with Crippen LogP contribution >= 0.6 is 0 Å². The highest BCUT2D eigenvalue weighted by molar-refractivity contribution is 6.16. The highest BCUT2D eigenvalue weighted by Gasteiger charge is 2.19. The lowest BCUT2D eigenvalue weighted by molar-refractivity contribution is 0.670. The van der Waals surface area contributed by atoms with E-state index in [1.165, 1.54) is 10.8 Å². The van der Waals surface area contributed by atoms with Crippen molar-refractivity contribution in [3.05, 3.63) is 200 Å². The smallest absolute Gasteiger partial charge is 0.143 e. The van der Waals surface area contributed by atoms with Gasteiger partial charge in [0.15, 0.2) is 0 Å². The zero-order valence-corrected chi connectivity index (χ0v) is 29.1. The molecule has 0 aliphatic rings. The van der Waals surface area contributed by atoms with Gasteiger partial charge in [-0.15, -0.1) is 0 Å². The molecule has 0 unspecified atom stereocenters. The van der Waals surface area contributed by atoms with Crippen molar-refractivity contribution in [3.8, 4) is 22.3 Å². The number of fused-ring (bicyclic) bond motifs is 9. The van der Waals surface area contributed by atoms with E-state index in [1.807, 2.05) is 83.8 Å². The Morgan fingerprint density at radius 2 is 0.926 bits per heavy atom. The zero-order chi connectivity index (χ0) is 39.1. The van der Waals surface area contributed by atoms with Crippen molar-refractivity contribution in [2.45, 2.75) is 0 Å². The maximum absolute atomic E-state index is 9.72. The number of furan rings is 1. The summed E-state index contributed by atoms with van der Waals surface area (Å²) in [6, 6.07) is 58.8. The minimum atomic E-state index is -0.147. The summed E-state index contributed by atoms with van der Waals surface area (Å²) in [4.78, 5) is 1.91. The molecule has 54 heavy (non-hydrogen) atoms. The van der Waals surface area contributed by atoms with Gasteiger partial charge in [-0.3, -0.25) is 0 Å². The number of hydrogen-bond donors (Lipinski definition) is 0. The molecule has 11 rings (SSSR count). The molecule has 0 radical (unpaired) electrons. The minimum absolute atomic E-state index is 0.140. The van der Waals surface area contributed by atoms with Crippen molar-refractivity contribution in [1.82, 2.24) is 0 Å². The van der Waals surface area contributed by atoms with Crippen molar-refractivity contribution in [1.29, 1.82) is 0 Å². The third-order valence-electron chi connectivity index (χ3n) is 10.7. The van der Waals surface area contributed by atoms with Gasteiger partial charge in [-0.25, -0.2) is 0 Å². The van der Waals surface area contributed by atoms with Gasteiger partial charge in [0.25, 0.3) is 0 Å². The van der Waals surface area contributed by atoms with Crippen LogP contribution in [0.25, 0.3) is 87.3 Å². The molecule has 0 N–H and O–H groups in total. The first kappa shape index (κ1) is 26.6. The monoisotopic (exact) mass is 691 g/mol. The summed E-state index contributed by atoms with van der Waals surface area (Å²) in [5, 5.41) is 10.5. The molecule has 0 saturated heterocycles. The molecular weight excluding hydrogens is 655 g/mol. The predicted molar refractivity (Wildman–Crippen MR) is 229 cm³/mol. The average molecular weight is 692 g/mol. The van der Waals surface area contributed by atoms with Crippen LogP contribution in [-0.4, -0.2) is 0 Å². The zero-order valence-electron chi connectivity index (χ0n) is 33.1. The van der Waals surface area contributed by atoms with Crippen LogP contribution in [0.4, 0.5) is 17.1 Å². The Kier molecular flexibility index (Phi) is 6.02. The lowest BCUT2D eigenvalue weighted by atomic mass is 9.93. The Morgan fingerprint density at radius 1 is 0.370 bits per heavy atom. The third-order valence-corrected chi connectivity index (χ3v) is 10.7. The van der Waals surface area contributed by atoms with Crippen LogP contribution in [0.3, 0.4) is 0 Å². The van der Waals surface area contributed by atoms with E-state index in [-0.39, 0.29) is 35.4 Å². The topological polar surface area (TPSA) is 16.4 Å². The number of anilines is 3. The van der Waals surface area contributed by atoms with E-state index in [2.05, 4.69) is 97.1 Å². The average Bonchev–Trinajstić information content (AvgIpc) is 3.66. The summed E-state index contributed by atoms with van der Waals surface area (Å²) in [5.74, 6) is 0. The molecule has 10 aromatic carbocycles. The number of para-hydroxylation sites is 2. The number of rotatable bonds is 5. The van der Waals surface area contributed by atoms with E-state index in [4.69, 9.17) is 4.42 Å². The summed E-state index contributed by atoms with van der Waals surface area (Å²) in [7, 11) is 0. The Balaban J connectivity index is 1.16.